The molecule has 28 heavy (non-hydrogen) atoms. The predicted molar refractivity (Wildman–Crippen MR) is 92.4 cm³/mol. The minimum atomic E-state index is -4.22. The van der Waals surface area contributed by atoms with Crippen molar-refractivity contribution in [3.8, 4) is 11.5 Å². The molecule has 1 heterocycles. The van der Waals surface area contributed by atoms with Gasteiger partial charge < -0.3 is 24.1 Å². The lowest BCUT2D eigenvalue weighted by molar-refractivity contribution is -0.171. The maximum atomic E-state index is 12.8. The maximum absolute atomic E-state index is 12.8. The Labute approximate surface area is 160 Å². The zero-order valence-corrected chi connectivity index (χ0v) is 15.5. The fraction of sp³-hybridized carbons (Fsp3) is 0.667. The van der Waals surface area contributed by atoms with Gasteiger partial charge in [-0.1, -0.05) is 12.1 Å². The van der Waals surface area contributed by atoms with Crippen LogP contribution in [0.15, 0.2) is 24.3 Å². The number of β-amino-alcohol motifs (C(OH)–C–C–N with tert-alkyl or cyclic N) is 1. The molecule has 1 aliphatic heterocycles. The van der Waals surface area contributed by atoms with E-state index in [2.05, 4.69) is 4.74 Å². The lowest BCUT2D eigenvalue weighted by Gasteiger charge is -2.34. The van der Waals surface area contributed by atoms with Crippen LogP contribution in [0.5, 0.6) is 11.5 Å². The minimum absolute atomic E-state index is 0.148. The number of morpholine rings is 1. The number of aliphatic hydroxyl groups excluding tert-OH is 1. The third-order valence-corrected chi connectivity index (χ3v) is 4.11. The Kier molecular flexibility index (Phi) is 8.74. The van der Waals surface area contributed by atoms with E-state index in [1.165, 1.54) is 0 Å². The second kappa shape index (κ2) is 10.8. The van der Waals surface area contributed by atoms with Gasteiger partial charge >= 0.3 is 12.3 Å². The van der Waals surface area contributed by atoms with E-state index in [0.29, 0.717) is 31.2 Å². The summed E-state index contributed by atoms with van der Waals surface area (Å²) in [6.07, 6.45) is -5.13. The van der Waals surface area contributed by atoms with Crippen molar-refractivity contribution < 1.29 is 41.6 Å². The molecule has 2 atom stereocenters. The first-order valence-corrected chi connectivity index (χ1v) is 8.83. The van der Waals surface area contributed by atoms with Crippen molar-refractivity contribution in [1.29, 1.82) is 0 Å². The Balaban J connectivity index is 1.72. The summed E-state index contributed by atoms with van der Waals surface area (Å²) in [6, 6.07) is 7.19. The molecule has 1 saturated heterocycles. The Bertz CT molecular complexity index is 593. The summed E-state index contributed by atoms with van der Waals surface area (Å²) in [5.74, 6) is -3.04. The number of aliphatic hydroxyl groups is 1. The van der Waals surface area contributed by atoms with Crippen LogP contribution >= 0.6 is 0 Å². The molecule has 0 aromatic heterocycles. The molecule has 0 spiro atoms. The lowest BCUT2D eigenvalue weighted by atomic mass is 10.2. The molecular weight excluding hydrogens is 386 g/mol. The molecule has 1 fully saturated rings. The van der Waals surface area contributed by atoms with E-state index in [4.69, 9.17) is 14.2 Å². The van der Waals surface area contributed by atoms with Gasteiger partial charge in [-0.05, 0) is 12.1 Å². The van der Waals surface area contributed by atoms with Gasteiger partial charge in [-0.3, -0.25) is 4.90 Å². The van der Waals surface area contributed by atoms with Crippen LogP contribution in [0.3, 0.4) is 0 Å². The number of methoxy groups -OCH3 is 1. The van der Waals surface area contributed by atoms with Crippen molar-refractivity contribution in [2.45, 2.75) is 24.6 Å². The highest BCUT2D eigenvalue weighted by molar-refractivity contribution is 5.39. The quantitative estimate of drug-likeness (QED) is 0.563. The molecule has 0 saturated carbocycles. The predicted octanol–water partition coefficient (Wildman–Crippen LogP) is 2.05. The highest BCUT2D eigenvalue weighted by atomic mass is 19.3. The Morgan fingerprint density at radius 2 is 2.00 bits per heavy atom. The smallest absolute Gasteiger partial charge is 0.330 e. The average Bonchev–Trinajstić information content (AvgIpc) is 2.66. The topological polar surface area (TPSA) is 60.4 Å². The molecule has 0 bridgehead atoms. The van der Waals surface area contributed by atoms with Gasteiger partial charge in [0, 0.05) is 19.6 Å². The van der Waals surface area contributed by atoms with Crippen LogP contribution in [0.1, 0.15) is 0 Å². The van der Waals surface area contributed by atoms with Crippen molar-refractivity contribution in [2.24, 2.45) is 0 Å². The van der Waals surface area contributed by atoms with E-state index in [-0.39, 0.29) is 19.3 Å². The SMILES string of the molecule is COc1ccccc1OCC1CN(CC(O)COCC(F)(F)C(F)F)CCO1. The molecule has 2 unspecified atom stereocenters. The van der Waals surface area contributed by atoms with Crippen LogP contribution in [-0.4, -0.2) is 87.7 Å². The van der Waals surface area contributed by atoms with Crippen LogP contribution in [0, 0.1) is 0 Å². The number of rotatable bonds is 11. The van der Waals surface area contributed by atoms with Crippen molar-refractivity contribution in [2.75, 3.05) is 53.2 Å². The maximum Gasteiger partial charge on any atom is 0.330 e. The molecule has 1 aliphatic rings. The molecule has 1 aromatic carbocycles. The van der Waals surface area contributed by atoms with Gasteiger partial charge in [0.05, 0.1) is 26.4 Å². The fourth-order valence-electron chi connectivity index (χ4n) is 2.71. The lowest BCUT2D eigenvalue weighted by Crippen LogP contribution is -2.48. The summed E-state index contributed by atoms with van der Waals surface area (Å²) in [4.78, 5) is 1.87. The molecule has 2 rings (SSSR count). The first-order valence-electron chi connectivity index (χ1n) is 8.83. The summed E-state index contributed by atoms with van der Waals surface area (Å²) in [7, 11) is 1.54. The molecular formula is C18H25F4NO5. The van der Waals surface area contributed by atoms with Crippen LogP contribution in [-0.2, 0) is 9.47 Å². The monoisotopic (exact) mass is 411 g/mol. The second-order valence-electron chi connectivity index (χ2n) is 6.44. The summed E-state index contributed by atoms with van der Waals surface area (Å²) in [6.45, 7) is -0.0626. The third-order valence-electron chi connectivity index (χ3n) is 4.11. The van der Waals surface area contributed by atoms with E-state index in [1.54, 1.807) is 19.2 Å². The number of benzene rings is 1. The second-order valence-corrected chi connectivity index (χ2v) is 6.44. The van der Waals surface area contributed by atoms with Crippen LogP contribution in [0.4, 0.5) is 17.6 Å². The fourth-order valence-corrected chi connectivity index (χ4v) is 2.71. The molecule has 6 nitrogen and oxygen atoms in total. The molecule has 10 heteroatoms. The number of hydrogen-bond acceptors (Lipinski definition) is 6. The van der Waals surface area contributed by atoms with E-state index in [0.717, 1.165) is 0 Å². The summed E-state index contributed by atoms with van der Waals surface area (Å²) >= 11 is 0. The first-order chi connectivity index (χ1) is 13.3. The number of alkyl halides is 4. The van der Waals surface area contributed by atoms with Gasteiger partial charge in [0.15, 0.2) is 11.5 Å². The number of para-hydroxylation sites is 2. The molecule has 1 aromatic rings. The largest absolute Gasteiger partial charge is 0.493 e. The molecule has 160 valence electrons. The van der Waals surface area contributed by atoms with Crippen LogP contribution in [0.2, 0.25) is 0 Å². The Morgan fingerprint density at radius 3 is 2.68 bits per heavy atom. The molecule has 0 amide bonds. The van der Waals surface area contributed by atoms with Gasteiger partial charge in [0.2, 0.25) is 0 Å². The average molecular weight is 411 g/mol. The molecule has 0 aliphatic carbocycles. The van der Waals surface area contributed by atoms with E-state index in [9.17, 15) is 22.7 Å². The third kappa shape index (κ3) is 7.08. The van der Waals surface area contributed by atoms with Crippen molar-refractivity contribution in [3.05, 3.63) is 24.3 Å². The first kappa shape index (κ1) is 22.7. The normalized spacial score (nSPS) is 19.6. The molecule has 1 N–H and O–H groups in total. The van der Waals surface area contributed by atoms with E-state index < -0.39 is 31.7 Å². The van der Waals surface area contributed by atoms with Gasteiger partial charge in [0.1, 0.15) is 19.3 Å². The zero-order valence-electron chi connectivity index (χ0n) is 15.5. The van der Waals surface area contributed by atoms with E-state index >= 15 is 0 Å². The van der Waals surface area contributed by atoms with Crippen molar-refractivity contribution in [1.82, 2.24) is 4.90 Å². The standard InChI is InChI=1S/C18H25F4NO5/c1-25-15-4-2-3-5-16(15)28-11-14-9-23(6-7-27-14)8-13(24)10-26-12-18(21,22)17(19)20/h2-5,13-14,17,24H,6-12H2,1H3. The van der Waals surface area contributed by atoms with Crippen LogP contribution < -0.4 is 9.47 Å². The minimum Gasteiger partial charge on any atom is -0.493 e. The van der Waals surface area contributed by atoms with Gasteiger partial charge in [0.25, 0.3) is 0 Å². The van der Waals surface area contributed by atoms with Gasteiger partial charge in [-0.2, -0.15) is 8.78 Å². The summed E-state index contributed by atoms with van der Waals surface area (Å²) in [5, 5.41) is 9.91. The van der Waals surface area contributed by atoms with Crippen molar-refractivity contribution >= 4 is 0 Å². The highest BCUT2D eigenvalue weighted by Crippen LogP contribution is 2.26. The molecule has 0 radical (unpaired) electrons. The zero-order chi connectivity index (χ0) is 20.6. The number of nitrogens with zero attached hydrogens (tertiary/aromatic N) is 1. The Hall–Kier alpha value is -1.62. The van der Waals surface area contributed by atoms with Crippen LogP contribution in [0.25, 0.3) is 0 Å². The Morgan fingerprint density at radius 1 is 1.29 bits per heavy atom. The van der Waals surface area contributed by atoms with E-state index in [1.807, 2.05) is 17.0 Å². The number of hydrogen-bond donors (Lipinski definition) is 1. The van der Waals surface area contributed by atoms with Gasteiger partial charge in [-0.15, -0.1) is 0 Å². The number of ether oxygens (including phenoxy) is 4. The summed E-state index contributed by atoms with van der Waals surface area (Å²) < 4.78 is 70.8. The van der Waals surface area contributed by atoms with Crippen molar-refractivity contribution in [3.63, 3.8) is 0 Å². The summed E-state index contributed by atoms with van der Waals surface area (Å²) in [5.41, 5.74) is 0. The van der Waals surface area contributed by atoms with Gasteiger partial charge in [-0.25, -0.2) is 8.78 Å². The highest BCUT2D eigenvalue weighted by Gasteiger charge is 2.41. The number of halogens is 4.